The Bertz CT molecular complexity index is 3150. The molecule has 6 aliphatic heterocycles. The molecular formula is C61H65Br2ClN6O7. The molecule has 3 saturated heterocycles. The van der Waals surface area contributed by atoms with E-state index in [0.717, 1.165) is 119 Å². The first-order valence-corrected chi connectivity index (χ1v) is 28.4. The smallest absolute Gasteiger partial charge is 0.253 e. The van der Waals surface area contributed by atoms with Gasteiger partial charge in [-0.3, -0.25) is 14.4 Å². The lowest BCUT2D eigenvalue weighted by Gasteiger charge is -2.38. The van der Waals surface area contributed by atoms with Gasteiger partial charge in [0.25, 0.3) is 17.7 Å². The van der Waals surface area contributed by atoms with Crippen molar-refractivity contribution in [1.29, 1.82) is 0 Å². The number of piperidine rings is 3. The third-order valence-electron chi connectivity index (χ3n) is 16.6. The second-order valence-electron chi connectivity index (χ2n) is 21.1. The Morgan fingerprint density at radius 1 is 0.494 bits per heavy atom. The molecule has 3 spiro atoms. The van der Waals surface area contributed by atoms with E-state index in [-0.39, 0.29) is 34.0 Å². The number of benzene rings is 6. The van der Waals surface area contributed by atoms with Gasteiger partial charge in [0.15, 0.2) is 0 Å². The number of carbonyl (C=O) groups excluding carboxylic acids is 3. The van der Waals surface area contributed by atoms with E-state index in [1.165, 1.54) is 16.7 Å². The summed E-state index contributed by atoms with van der Waals surface area (Å²) in [7, 11) is 1.56. The van der Waals surface area contributed by atoms with Crippen LogP contribution in [0.1, 0.15) is 103 Å². The van der Waals surface area contributed by atoms with Crippen molar-refractivity contribution >= 4 is 61.2 Å². The molecule has 12 rings (SSSR count). The van der Waals surface area contributed by atoms with Gasteiger partial charge in [0.05, 0.1) is 32.0 Å². The third kappa shape index (κ3) is 11.2. The quantitative estimate of drug-likeness (QED) is 0.139. The van der Waals surface area contributed by atoms with E-state index >= 15 is 0 Å². The topological polar surface area (TPSA) is 176 Å². The monoisotopic (exact) mass is 1190 g/mol. The van der Waals surface area contributed by atoms with Crippen LogP contribution in [-0.4, -0.2) is 98.6 Å². The Balaban J connectivity index is 0.000000131. The van der Waals surface area contributed by atoms with Crippen molar-refractivity contribution in [2.75, 3.05) is 66.2 Å². The zero-order valence-corrected chi connectivity index (χ0v) is 47.3. The number of hydrogen-bond acceptors (Lipinski definition) is 10. The van der Waals surface area contributed by atoms with E-state index in [9.17, 15) is 14.4 Å². The zero-order valence-electron chi connectivity index (χ0n) is 43.3. The molecule has 6 aromatic rings. The number of nitrogens with two attached hydrogens (primary N) is 3. The molecule has 13 nitrogen and oxygen atoms in total. The summed E-state index contributed by atoms with van der Waals surface area (Å²) in [5, 5.41) is 0.448. The minimum atomic E-state index is -0.0190. The van der Waals surface area contributed by atoms with Crippen LogP contribution in [0.4, 0.5) is 0 Å². The predicted octanol–water partition coefficient (Wildman–Crippen LogP) is 10.3. The fourth-order valence-electron chi connectivity index (χ4n) is 11.8. The summed E-state index contributed by atoms with van der Waals surface area (Å²) < 4.78 is 24.9. The highest BCUT2D eigenvalue weighted by molar-refractivity contribution is 9.10. The van der Waals surface area contributed by atoms with Crippen molar-refractivity contribution in [2.45, 2.75) is 74.4 Å². The Morgan fingerprint density at radius 3 is 1.23 bits per heavy atom. The molecule has 0 aliphatic carbocycles. The number of likely N-dealkylation sites (tertiary alicyclic amines) is 3. The first-order chi connectivity index (χ1) is 37.3. The van der Waals surface area contributed by atoms with Crippen LogP contribution in [0.5, 0.6) is 23.0 Å². The van der Waals surface area contributed by atoms with Gasteiger partial charge in [-0.05, 0) is 134 Å². The number of nitrogens with zero attached hydrogens (tertiary/aromatic N) is 3. The molecule has 0 radical (unpaired) electrons. The Labute approximate surface area is 472 Å². The van der Waals surface area contributed by atoms with Crippen LogP contribution in [0.25, 0.3) is 0 Å². The molecule has 16 heteroatoms. The highest BCUT2D eigenvalue weighted by atomic mass is 79.9. The van der Waals surface area contributed by atoms with Crippen LogP contribution < -0.4 is 36.1 Å². The Kier molecular flexibility index (Phi) is 16.4. The van der Waals surface area contributed by atoms with Crippen LogP contribution in [-0.2, 0) is 35.9 Å². The lowest BCUT2D eigenvalue weighted by molar-refractivity contribution is 0.0639. The van der Waals surface area contributed by atoms with Gasteiger partial charge in [-0.1, -0.05) is 85.9 Å². The SMILES string of the molecule is COc1ccc(C(=O)N2CCC3(CC2)COc2ccc(CN)cc23)cc1Cl.NCc1ccc2c(c1)C1(CCN(C(=O)c3ccc(Br)cc3)CC1)CO2.NCc1ccc2c(c1)C1(CCN(C(=O)c3cccc(Br)c3)CC1)CO2. The molecule has 77 heavy (non-hydrogen) atoms. The average Bonchev–Trinajstić information content (AvgIpc) is 4.19. The van der Waals surface area contributed by atoms with Gasteiger partial charge in [0.1, 0.15) is 23.0 Å². The van der Waals surface area contributed by atoms with Crippen LogP contribution in [0.3, 0.4) is 0 Å². The molecule has 6 aliphatic rings. The number of amides is 3. The average molecular weight is 1190 g/mol. The number of rotatable bonds is 7. The molecule has 6 heterocycles. The maximum absolute atomic E-state index is 12.9. The number of ether oxygens (including phenoxy) is 4. The zero-order chi connectivity index (χ0) is 53.9. The number of hydrogen-bond donors (Lipinski definition) is 3. The van der Waals surface area contributed by atoms with Crippen LogP contribution in [0.15, 0.2) is 130 Å². The van der Waals surface area contributed by atoms with Crippen LogP contribution in [0, 0.1) is 0 Å². The Hall–Kier alpha value is -5.94. The van der Waals surface area contributed by atoms with E-state index < -0.39 is 0 Å². The van der Waals surface area contributed by atoms with E-state index in [2.05, 4.69) is 50.1 Å². The molecule has 3 fully saturated rings. The standard InChI is InChI=1S/C21H23ClN2O3.2C20H21BrN2O2/c1-26-19-5-3-15(11-17(19)22)20(25)24-8-6-21(7-9-24)13-27-18-4-2-14(12-23)10-16(18)21;21-16-4-2-15(3-5-16)19(24)23-9-7-20(8-10-23)13-25-18-6-1-14(12-22)11-17(18)20;21-16-3-1-2-15(11-16)19(24)23-8-6-20(7-9-23)13-25-18-5-4-14(12-22)10-17(18)20/h2-5,10-11H,6-9,12-13,23H2,1H3;1-6,11H,7-10,12-13,22H2;1-5,10-11H,6-9,12-13,22H2. The summed E-state index contributed by atoms with van der Waals surface area (Å²) in [6, 6.07) is 39.0. The highest BCUT2D eigenvalue weighted by Gasteiger charge is 2.46. The predicted molar refractivity (Wildman–Crippen MR) is 306 cm³/mol. The Morgan fingerprint density at radius 2 is 0.870 bits per heavy atom. The van der Waals surface area contributed by atoms with Gasteiger partial charge in [-0.25, -0.2) is 0 Å². The van der Waals surface area contributed by atoms with Crippen molar-refractivity contribution in [3.05, 3.63) is 185 Å². The third-order valence-corrected chi connectivity index (χ3v) is 18.0. The fourth-order valence-corrected chi connectivity index (χ4v) is 12.8. The van der Waals surface area contributed by atoms with E-state index in [1.807, 2.05) is 99.6 Å². The molecule has 0 unspecified atom stereocenters. The summed E-state index contributed by atoms with van der Waals surface area (Å²) >= 11 is 13.0. The van der Waals surface area contributed by atoms with Crippen molar-refractivity contribution in [2.24, 2.45) is 17.2 Å². The molecule has 0 atom stereocenters. The van der Waals surface area contributed by atoms with Gasteiger partial charge in [0, 0.05) is 117 Å². The summed E-state index contributed by atoms with van der Waals surface area (Å²) in [6.07, 6.45) is 5.46. The number of methoxy groups -OCH3 is 1. The molecule has 3 amide bonds. The number of carbonyl (C=O) groups is 3. The summed E-state index contributed by atoms with van der Waals surface area (Å²) in [6.45, 7) is 8.08. The van der Waals surface area contributed by atoms with Gasteiger partial charge < -0.3 is 50.8 Å². The van der Waals surface area contributed by atoms with Gasteiger partial charge >= 0.3 is 0 Å². The lowest BCUT2D eigenvalue weighted by atomic mass is 9.74. The van der Waals surface area contributed by atoms with E-state index in [1.54, 1.807) is 25.3 Å². The molecule has 0 saturated carbocycles. The van der Waals surface area contributed by atoms with Crippen molar-refractivity contribution in [3.63, 3.8) is 0 Å². The summed E-state index contributed by atoms with van der Waals surface area (Å²) in [5.41, 5.74) is 26.7. The first-order valence-electron chi connectivity index (χ1n) is 26.4. The van der Waals surface area contributed by atoms with Crippen LogP contribution >= 0.6 is 43.5 Å². The normalized spacial score (nSPS) is 17.9. The molecular weight excluding hydrogens is 1120 g/mol. The molecule has 0 bridgehead atoms. The van der Waals surface area contributed by atoms with Gasteiger partial charge in [-0.2, -0.15) is 0 Å². The number of fused-ring (bicyclic) bond motifs is 6. The maximum Gasteiger partial charge on any atom is 0.253 e. The van der Waals surface area contributed by atoms with Crippen molar-refractivity contribution in [3.8, 4) is 23.0 Å². The fraction of sp³-hybridized carbons (Fsp3) is 0.361. The number of halogens is 3. The molecule has 0 aromatic heterocycles. The van der Waals surface area contributed by atoms with E-state index in [0.29, 0.717) is 68.9 Å². The summed E-state index contributed by atoms with van der Waals surface area (Å²) in [4.78, 5) is 44.2. The van der Waals surface area contributed by atoms with Gasteiger partial charge in [-0.15, -0.1) is 0 Å². The lowest BCUT2D eigenvalue weighted by Crippen LogP contribution is -2.46. The second kappa shape index (κ2) is 23.2. The molecule has 402 valence electrons. The first kappa shape index (κ1) is 54.4. The second-order valence-corrected chi connectivity index (χ2v) is 23.3. The largest absolute Gasteiger partial charge is 0.495 e. The van der Waals surface area contributed by atoms with E-state index in [4.69, 9.17) is 47.7 Å². The van der Waals surface area contributed by atoms with Gasteiger partial charge in [0.2, 0.25) is 0 Å². The molecule has 6 aromatic carbocycles. The van der Waals surface area contributed by atoms with Crippen LogP contribution in [0.2, 0.25) is 5.02 Å². The van der Waals surface area contributed by atoms with Crippen molar-refractivity contribution in [1.82, 2.24) is 14.7 Å². The minimum Gasteiger partial charge on any atom is -0.495 e. The summed E-state index contributed by atoms with van der Waals surface area (Å²) in [5.74, 6) is 3.69. The van der Waals surface area contributed by atoms with Crippen molar-refractivity contribution < 1.29 is 33.3 Å². The minimum absolute atomic E-state index is 0.00394. The molecule has 6 N–H and O–H groups in total. The maximum atomic E-state index is 12.9. The highest BCUT2D eigenvalue weighted by Crippen LogP contribution is 2.49.